The summed E-state index contributed by atoms with van der Waals surface area (Å²) in [5.74, 6) is -1.60. The fraction of sp³-hybridized carbons (Fsp3) is 0.0714. The fourth-order valence-electron chi connectivity index (χ4n) is 1.86. The van der Waals surface area contributed by atoms with E-state index in [9.17, 15) is 13.2 Å². The van der Waals surface area contributed by atoms with E-state index in [1.54, 1.807) is 12.1 Å². The van der Waals surface area contributed by atoms with Gasteiger partial charge in [-0.3, -0.25) is 0 Å². The van der Waals surface area contributed by atoms with Crippen molar-refractivity contribution < 1.29 is 13.2 Å². The van der Waals surface area contributed by atoms with Crippen LogP contribution in [0.2, 0.25) is 0 Å². The van der Waals surface area contributed by atoms with Gasteiger partial charge in [0.2, 0.25) is 0 Å². The van der Waals surface area contributed by atoms with Gasteiger partial charge >= 0.3 is 0 Å². The normalized spacial score (nSPS) is 10.9. The molecule has 102 valence electrons. The molecule has 0 aliphatic rings. The van der Waals surface area contributed by atoms with Crippen LogP contribution in [0.4, 0.5) is 18.9 Å². The lowest BCUT2D eigenvalue weighted by Gasteiger charge is -2.03. The number of halogens is 3. The SMILES string of the molecule is Fc1cccc(NCc2nc3cc(F)cc(F)c3s2)c1. The first kappa shape index (κ1) is 12.9. The van der Waals surface area contributed by atoms with Crippen LogP contribution in [0.25, 0.3) is 10.2 Å². The average Bonchev–Trinajstić information content (AvgIpc) is 2.80. The van der Waals surface area contributed by atoms with Gasteiger partial charge in [-0.1, -0.05) is 6.07 Å². The summed E-state index contributed by atoms with van der Waals surface area (Å²) in [6.07, 6.45) is 0. The molecule has 0 bridgehead atoms. The predicted molar refractivity (Wildman–Crippen MR) is 73.3 cm³/mol. The molecule has 3 aromatic rings. The maximum atomic E-state index is 13.5. The molecule has 6 heteroatoms. The molecule has 0 saturated carbocycles. The third-order valence-corrected chi connectivity index (χ3v) is 3.80. The van der Waals surface area contributed by atoms with Crippen LogP contribution in [0, 0.1) is 17.5 Å². The van der Waals surface area contributed by atoms with Gasteiger partial charge in [-0.2, -0.15) is 0 Å². The van der Waals surface area contributed by atoms with Gasteiger partial charge < -0.3 is 5.32 Å². The Hall–Kier alpha value is -2.08. The zero-order chi connectivity index (χ0) is 14.1. The van der Waals surface area contributed by atoms with E-state index in [4.69, 9.17) is 0 Å². The molecule has 0 aliphatic carbocycles. The van der Waals surface area contributed by atoms with E-state index in [0.717, 1.165) is 17.4 Å². The highest BCUT2D eigenvalue weighted by Gasteiger charge is 2.10. The topological polar surface area (TPSA) is 24.9 Å². The van der Waals surface area contributed by atoms with E-state index < -0.39 is 11.6 Å². The van der Waals surface area contributed by atoms with Crippen molar-refractivity contribution in [3.05, 3.63) is 58.9 Å². The Kier molecular flexibility index (Phi) is 3.31. The monoisotopic (exact) mass is 294 g/mol. The van der Waals surface area contributed by atoms with Crippen LogP contribution in [0.5, 0.6) is 0 Å². The summed E-state index contributed by atoms with van der Waals surface area (Å²) >= 11 is 1.15. The largest absolute Gasteiger partial charge is 0.378 e. The minimum absolute atomic E-state index is 0.295. The van der Waals surface area contributed by atoms with Crippen molar-refractivity contribution in [3.63, 3.8) is 0 Å². The minimum Gasteiger partial charge on any atom is -0.378 e. The molecule has 0 spiro atoms. The second-order valence-corrected chi connectivity index (χ2v) is 5.29. The number of hydrogen-bond donors (Lipinski definition) is 1. The highest BCUT2D eigenvalue weighted by atomic mass is 32.1. The number of hydrogen-bond acceptors (Lipinski definition) is 3. The Bertz CT molecular complexity index is 770. The summed E-state index contributed by atoms with van der Waals surface area (Å²) in [7, 11) is 0. The molecule has 1 N–H and O–H groups in total. The van der Waals surface area contributed by atoms with Crippen LogP contribution in [-0.4, -0.2) is 4.98 Å². The Balaban J connectivity index is 1.83. The van der Waals surface area contributed by atoms with Gasteiger partial charge in [0.15, 0.2) is 0 Å². The first-order valence-corrected chi connectivity index (χ1v) is 6.67. The minimum atomic E-state index is -0.648. The van der Waals surface area contributed by atoms with Crippen LogP contribution < -0.4 is 5.32 Å². The maximum Gasteiger partial charge on any atom is 0.145 e. The number of rotatable bonds is 3. The van der Waals surface area contributed by atoms with Crippen molar-refractivity contribution in [1.82, 2.24) is 4.98 Å². The van der Waals surface area contributed by atoms with Gasteiger partial charge in [0.1, 0.15) is 22.5 Å². The lowest BCUT2D eigenvalue weighted by Crippen LogP contribution is -1.98. The molecule has 2 nitrogen and oxygen atoms in total. The summed E-state index contributed by atoms with van der Waals surface area (Å²) in [6.45, 7) is 0.323. The van der Waals surface area contributed by atoms with Gasteiger partial charge in [0, 0.05) is 17.8 Å². The molecule has 3 rings (SSSR count). The molecule has 1 heterocycles. The molecular weight excluding hydrogens is 285 g/mol. The Morgan fingerprint density at radius 1 is 1.05 bits per heavy atom. The van der Waals surface area contributed by atoms with Gasteiger partial charge in [-0.15, -0.1) is 11.3 Å². The summed E-state index contributed by atoms with van der Waals surface area (Å²) in [5, 5.41) is 3.59. The van der Waals surface area contributed by atoms with Crippen LogP contribution >= 0.6 is 11.3 Å². The summed E-state index contributed by atoms with van der Waals surface area (Å²) in [6, 6.07) is 8.04. The lowest BCUT2D eigenvalue weighted by atomic mass is 10.3. The van der Waals surface area contributed by atoms with E-state index >= 15 is 0 Å². The third kappa shape index (κ3) is 2.60. The van der Waals surface area contributed by atoms with Crippen molar-refractivity contribution in [2.45, 2.75) is 6.54 Å². The zero-order valence-corrected chi connectivity index (χ0v) is 11.0. The number of anilines is 1. The molecule has 0 radical (unpaired) electrons. The van der Waals surface area contributed by atoms with Gasteiger partial charge in [0.05, 0.1) is 16.8 Å². The molecule has 0 amide bonds. The molecule has 0 saturated heterocycles. The van der Waals surface area contributed by atoms with E-state index in [1.165, 1.54) is 18.2 Å². The van der Waals surface area contributed by atoms with Crippen molar-refractivity contribution in [2.24, 2.45) is 0 Å². The second kappa shape index (κ2) is 5.13. The number of nitrogens with one attached hydrogen (secondary N) is 1. The highest BCUT2D eigenvalue weighted by molar-refractivity contribution is 7.18. The summed E-state index contributed by atoms with van der Waals surface area (Å²) < 4.78 is 39.9. The van der Waals surface area contributed by atoms with E-state index in [1.807, 2.05) is 0 Å². The van der Waals surface area contributed by atoms with Crippen molar-refractivity contribution in [1.29, 1.82) is 0 Å². The molecule has 1 aromatic heterocycles. The quantitative estimate of drug-likeness (QED) is 0.778. The van der Waals surface area contributed by atoms with E-state index in [-0.39, 0.29) is 5.82 Å². The van der Waals surface area contributed by atoms with E-state index in [0.29, 0.717) is 27.5 Å². The number of fused-ring (bicyclic) bond motifs is 1. The fourth-order valence-corrected chi connectivity index (χ4v) is 2.75. The molecular formula is C14H9F3N2S. The number of aromatic nitrogens is 1. The Labute approximate surface area is 116 Å². The smallest absolute Gasteiger partial charge is 0.145 e. The standard InChI is InChI=1S/C14H9F3N2S/c15-8-2-1-3-10(4-8)18-7-13-19-12-6-9(16)5-11(17)14(12)20-13/h1-6,18H,7H2. The van der Waals surface area contributed by atoms with Crippen LogP contribution in [0.3, 0.4) is 0 Å². The van der Waals surface area contributed by atoms with Gasteiger partial charge in [-0.25, -0.2) is 18.2 Å². The highest BCUT2D eigenvalue weighted by Crippen LogP contribution is 2.26. The summed E-state index contributed by atoms with van der Waals surface area (Å²) in [4.78, 5) is 4.15. The summed E-state index contributed by atoms with van der Waals surface area (Å²) in [5.41, 5.74) is 0.902. The van der Waals surface area contributed by atoms with E-state index in [2.05, 4.69) is 10.3 Å². The Morgan fingerprint density at radius 2 is 1.90 bits per heavy atom. The van der Waals surface area contributed by atoms with Crippen molar-refractivity contribution in [2.75, 3.05) is 5.32 Å². The molecule has 0 fully saturated rings. The Morgan fingerprint density at radius 3 is 2.70 bits per heavy atom. The predicted octanol–water partition coefficient (Wildman–Crippen LogP) is 4.33. The molecule has 0 unspecified atom stereocenters. The number of nitrogens with zero attached hydrogens (tertiary/aromatic N) is 1. The van der Waals surface area contributed by atoms with Crippen LogP contribution in [-0.2, 0) is 6.54 Å². The van der Waals surface area contributed by atoms with Crippen LogP contribution in [0.1, 0.15) is 5.01 Å². The van der Waals surface area contributed by atoms with Gasteiger partial charge in [0.25, 0.3) is 0 Å². The molecule has 2 aromatic carbocycles. The lowest BCUT2D eigenvalue weighted by molar-refractivity contribution is 0.593. The van der Waals surface area contributed by atoms with Crippen molar-refractivity contribution in [3.8, 4) is 0 Å². The maximum absolute atomic E-state index is 13.5. The molecule has 0 aliphatic heterocycles. The number of thiazole rings is 1. The average molecular weight is 294 g/mol. The second-order valence-electron chi connectivity index (χ2n) is 4.21. The van der Waals surface area contributed by atoms with Crippen LogP contribution in [0.15, 0.2) is 36.4 Å². The van der Waals surface area contributed by atoms with Gasteiger partial charge in [-0.05, 0) is 18.2 Å². The first-order chi connectivity index (χ1) is 9.61. The molecule has 0 atom stereocenters. The first-order valence-electron chi connectivity index (χ1n) is 5.86. The third-order valence-electron chi connectivity index (χ3n) is 2.72. The zero-order valence-electron chi connectivity index (χ0n) is 10.2. The van der Waals surface area contributed by atoms with Crippen molar-refractivity contribution >= 4 is 27.2 Å². The number of benzene rings is 2. The molecule has 20 heavy (non-hydrogen) atoms.